The van der Waals surface area contributed by atoms with Gasteiger partial charge in [0.1, 0.15) is 46.0 Å². The minimum atomic E-state index is -0.504. The lowest BCUT2D eigenvalue weighted by atomic mass is 9.82. The smallest absolute Gasteiger partial charge is 0.151 e. The molecule has 15 nitrogen and oxygen atoms in total. The number of hydrogen-bond donors (Lipinski definition) is 2. The van der Waals surface area contributed by atoms with E-state index in [9.17, 15) is 17.6 Å². The van der Waals surface area contributed by atoms with Gasteiger partial charge in [-0.25, -0.2) is 47.5 Å². The lowest BCUT2D eigenvalue weighted by Crippen LogP contribution is -2.62. The van der Waals surface area contributed by atoms with Crippen LogP contribution in [0.1, 0.15) is 98.4 Å². The second-order valence-corrected chi connectivity index (χ2v) is 21.6. The average molecular weight is 1050 g/mol. The summed E-state index contributed by atoms with van der Waals surface area (Å²) in [6, 6.07) is 11.0. The first-order valence-corrected chi connectivity index (χ1v) is 26.7. The number of fused-ring (bicyclic) bond motifs is 4. The van der Waals surface area contributed by atoms with Crippen LogP contribution in [-0.2, 0) is 25.9 Å². The number of piperidine rings is 2. The van der Waals surface area contributed by atoms with E-state index in [2.05, 4.69) is 66.9 Å². The fraction of sp³-hybridized carbons (Fsp3) is 0.448. The van der Waals surface area contributed by atoms with Crippen molar-refractivity contribution in [2.24, 2.45) is 11.8 Å². The Labute approximate surface area is 446 Å². The molecule has 0 bridgehead atoms. The van der Waals surface area contributed by atoms with Crippen molar-refractivity contribution in [1.29, 1.82) is 0 Å². The quantitative estimate of drug-likeness (QED) is 0.112. The summed E-state index contributed by atoms with van der Waals surface area (Å²) >= 11 is 0. The van der Waals surface area contributed by atoms with E-state index in [4.69, 9.17) is 5.11 Å². The van der Waals surface area contributed by atoms with Crippen molar-refractivity contribution in [2.75, 3.05) is 53.4 Å². The van der Waals surface area contributed by atoms with Gasteiger partial charge in [-0.1, -0.05) is 0 Å². The van der Waals surface area contributed by atoms with Gasteiger partial charge < -0.3 is 24.5 Å². The van der Waals surface area contributed by atoms with Gasteiger partial charge in [0, 0.05) is 129 Å². The summed E-state index contributed by atoms with van der Waals surface area (Å²) in [5, 5.41) is 10.5. The van der Waals surface area contributed by atoms with Crippen molar-refractivity contribution in [2.45, 2.75) is 104 Å². The lowest BCUT2D eigenvalue weighted by Gasteiger charge is -2.53. The molecule has 0 radical (unpaired) electrons. The molecular formula is C58H68F4N14O. The molecule has 2 aromatic carbocycles. The first-order chi connectivity index (χ1) is 37.1. The van der Waals surface area contributed by atoms with E-state index in [1.54, 1.807) is 24.3 Å². The van der Waals surface area contributed by atoms with Gasteiger partial charge in [-0.3, -0.25) is 19.8 Å². The Morgan fingerprint density at radius 2 is 1.03 bits per heavy atom. The molecule has 4 atom stereocenters. The highest BCUT2D eigenvalue weighted by Crippen LogP contribution is 2.36. The molecule has 10 heterocycles. The van der Waals surface area contributed by atoms with Crippen LogP contribution in [0.5, 0.6) is 0 Å². The molecule has 4 aliphatic heterocycles. The minimum absolute atomic E-state index is 0.0964. The summed E-state index contributed by atoms with van der Waals surface area (Å²) < 4.78 is 63.7. The molecule has 12 rings (SSSR count). The number of imidazole rings is 2. The van der Waals surface area contributed by atoms with Crippen molar-refractivity contribution >= 4 is 22.1 Å². The maximum atomic E-state index is 15.0. The second-order valence-electron chi connectivity index (χ2n) is 21.6. The van der Waals surface area contributed by atoms with Crippen molar-refractivity contribution in [3.05, 3.63) is 143 Å². The Hall–Kier alpha value is -6.64. The van der Waals surface area contributed by atoms with Crippen LogP contribution in [0.3, 0.4) is 0 Å². The van der Waals surface area contributed by atoms with Crippen LogP contribution in [0, 0.1) is 49.0 Å². The minimum Gasteiger partial charge on any atom is -0.400 e. The number of halogens is 4. The topological polar surface area (TPSA) is 155 Å². The predicted octanol–water partition coefficient (Wildman–Crippen LogP) is 8.83. The van der Waals surface area contributed by atoms with Crippen molar-refractivity contribution in [1.82, 2.24) is 69.0 Å². The van der Waals surface area contributed by atoms with Gasteiger partial charge >= 0.3 is 0 Å². The van der Waals surface area contributed by atoms with Gasteiger partial charge in [0.25, 0.3) is 0 Å². The van der Waals surface area contributed by atoms with Crippen molar-refractivity contribution < 1.29 is 22.7 Å². The SMILES string of the molecule is CO.Cc1nc2c(F)cc(-c3cc(Cc4ncc(CN5C[C@H]6CCN(C)C[C@H]65)cn4)ncc3F)cc2n1C(C)C.Cc1nc2c(F)cc(-c3cc(Cc4ncc(CN5C[C@H]6CCNC[C@H]65)cn4)ncc3F)cc2n1C(C)C. The molecule has 0 saturated carbocycles. The molecule has 404 valence electrons. The number of hydrogen-bond acceptors (Lipinski definition) is 13. The highest BCUT2D eigenvalue weighted by Gasteiger charge is 2.42. The van der Waals surface area contributed by atoms with Crippen molar-refractivity contribution in [3.8, 4) is 22.3 Å². The second kappa shape index (κ2) is 22.8. The molecular weight excluding hydrogens is 985 g/mol. The zero-order valence-corrected chi connectivity index (χ0v) is 45.2. The summed E-state index contributed by atoms with van der Waals surface area (Å²) in [5.41, 5.74) is 6.82. The summed E-state index contributed by atoms with van der Waals surface area (Å²) in [4.78, 5) is 42.9. The number of pyridine rings is 2. The summed E-state index contributed by atoms with van der Waals surface area (Å²) in [5.74, 6) is 2.36. The molecule has 0 aliphatic carbocycles. The van der Waals surface area contributed by atoms with Gasteiger partial charge in [-0.2, -0.15) is 0 Å². The van der Waals surface area contributed by atoms with Crippen LogP contribution in [0.2, 0.25) is 0 Å². The van der Waals surface area contributed by atoms with E-state index < -0.39 is 23.3 Å². The largest absolute Gasteiger partial charge is 0.400 e. The van der Waals surface area contributed by atoms with Crippen molar-refractivity contribution in [3.63, 3.8) is 0 Å². The van der Waals surface area contributed by atoms with Crippen LogP contribution in [0.4, 0.5) is 17.6 Å². The molecule has 4 aliphatic rings. The molecule has 0 amide bonds. The van der Waals surface area contributed by atoms with Crippen LogP contribution >= 0.6 is 0 Å². The summed E-state index contributed by atoms with van der Waals surface area (Å²) in [6.45, 7) is 20.3. The zero-order chi connectivity index (χ0) is 54.2. The number of likely N-dealkylation sites (tertiary alicyclic amines) is 3. The highest BCUT2D eigenvalue weighted by molar-refractivity contribution is 5.85. The Morgan fingerprint density at radius 1 is 0.571 bits per heavy atom. The predicted molar refractivity (Wildman–Crippen MR) is 289 cm³/mol. The van der Waals surface area contributed by atoms with Gasteiger partial charge in [0.15, 0.2) is 11.6 Å². The zero-order valence-electron chi connectivity index (χ0n) is 45.2. The first-order valence-electron chi connectivity index (χ1n) is 26.7. The molecule has 19 heteroatoms. The van der Waals surface area contributed by atoms with E-state index in [-0.39, 0.29) is 12.1 Å². The van der Waals surface area contributed by atoms with E-state index in [1.165, 1.54) is 43.9 Å². The number of aryl methyl sites for hydroxylation is 2. The molecule has 77 heavy (non-hydrogen) atoms. The van der Waals surface area contributed by atoms with Crippen LogP contribution in [0.25, 0.3) is 44.3 Å². The molecule has 0 spiro atoms. The van der Waals surface area contributed by atoms with E-state index in [0.717, 1.165) is 87.5 Å². The maximum absolute atomic E-state index is 15.0. The van der Waals surface area contributed by atoms with Crippen LogP contribution < -0.4 is 5.32 Å². The average Bonchev–Trinajstić information content (AvgIpc) is 4.00. The number of likely N-dealkylation sites (N-methyl/N-ethyl adjacent to an activating group) is 1. The van der Waals surface area contributed by atoms with Gasteiger partial charge in [0.2, 0.25) is 0 Å². The third kappa shape index (κ3) is 11.2. The Kier molecular flexibility index (Phi) is 15.9. The third-order valence-corrected chi connectivity index (χ3v) is 15.7. The van der Waals surface area contributed by atoms with Gasteiger partial charge in [-0.15, -0.1) is 0 Å². The number of rotatable bonds is 12. The third-order valence-electron chi connectivity index (χ3n) is 15.7. The molecule has 4 saturated heterocycles. The molecule has 6 aromatic heterocycles. The van der Waals surface area contributed by atoms with Gasteiger partial charge in [0.05, 0.1) is 36.3 Å². The molecule has 8 aromatic rings. The molecule has 2 N–H and O–H groups in total. The Morgan fingerprint density at radius 3 is 1.48 bits per heavy atom. The first kappa shape index (κ1) is 53.7. The number of benzene rings is 2. The monoisotopic (exact) mass is 1050 g/mol. The number of aromatic nitrogens is 10. The molecule has 4 fully saturated rings. The fourth-order valence-corrected chi connectivity index (χ4v) is 11.9. The molecule has 0 unspecified atom stereocenters. The number of aliphatic hydroxyl groups is 1. The summed E-state index contributed by atoms with van der Waals surface area (Å²) in [7, 11) is 3.19. The standard InChI is InChI=1S/C29H33F2N7.C28H31F2N7.CH4O/c1-17(2)38-18(3)35-29-24(30)7-21(8-26(29)38)23-9-22(32-13-25(23)31)10-28-33-11-19(12-34-28)14-37-15-20-5-6-36(4)16-27(20)37;1-16(2)37-17(3)35-28-23(29)6-20(7-25(28)37)22-8-21(32-12-24(22)30)9-27-33-10-18(11-34-27)14-36-15-19-4-5-31-13-26(19)36;1-2/h7-9,11-13,17,20,27H,5-6,10,14-16H2,1-4H3;6-8,10-12,16,19,26,31H,4-5,9,13-15H2,1-3H3;2H,1H3/t20-,27-;19-,26-;/m11./s1. The fourth-order valence-electron chi connectivity index (χ4n) is 11.9. The maximum Gasteiger partial charge on any atom is 0.151 e. The van der Waals surface area contributed by atoms with E-state index in [1.807, 2.05) is 75.5 Å². The highest BCUT2D eigenvalue weighted by atomic mass is 19.1. The lowest BCUT2D eigenvalue weighted by molar-refractivity contribution is -0.0433. The number of aliphatic hydroxyl groups excluding tert-OH is 1. The number of nitrogens with one attached hydrogen (secondary N) is 1. The van der Waals surface area contributed by atoms with Crippen LogP contribution in [0.15, 0.2) is 73.6 Å². The van der Waals surface area contributed by atoms with Crippen LogP contribution in [-0.4, -0.2) is 134 Å². The summed E-state index contributed by atoms with van der Waals surface area (Å²) in [6.07, 6.45) is 13.1. The van der Waals surface area contributed by atoms with E-state index >= 15 is 0 Å². The Balaban J connectivity index is 0.000000169. The number of nitrogens with zero attached hydrogens (tertiary/aromatic N) is 13. The Bertz CT molecular complexity index is 3380. The normalized spacial score (nSPS) is 19.6. The van der Waals surface area contributed by atoms with Gasteiger partial charge in [-0.05, 0) is 134 Å². The van der Waals surface area contributed by atoms with E-state index in [0.29, 0.717) is 92.3 Å².